The number of rotatable bonds is 7. The molecule has 0 aromatic heterocycles. The van der Waals surface area contributed by atoms with Gasteiger partial charge >= 0.3 is 0 Å². The standard InChI is InChI=1S/C26H31FN2O2/c1-2-3-17-29-25(31)22-12-5-4-11-21(22)23(26(29)14-6-7-15-26)24(30)28-16-13-19-9-8-10-20(27)18-19/h4-5,8-12,18,23H,2-3,6-7,13-17H2,1H3,(H,28,30)/t23-/m0/s1. The number of nitrogens with one attached hydrogen (secondary N) is 1. The van der Waals surface area contributed by atoms with Gasteiger partial charge in [-0.05, 0) is 55.0 Å². The predicted molar refractivity (Wildman–Crippen MR) is 119 cm³/mol. The van der Waals surface area contributed by atoms with Gasteiger partial charge in [0.15, 0.2) is 0 Å². The SMILES string of the molecule is CCCCN1C(=O)c2ccccc2[C@@H](C(=O)NCCc2cccc(F)c2)C12CCCC2. The number of hydrogen-bond donors (Lipinski definition) is 1. The highest BCUT2D eigenvalue weighted by Gasteiger charge is 2.55. The molecule has 0 bridgehead atoms. The summed E-state index contributed by atoms with van der Waals surface area (Å²) < 4.78 is 13.5. The first kappa shape index (κ1) is 21.5. The van der Waals surface area contributed by atoms with Crippen LogP contribution in [0.5, 0.6) is 0 Å². The number of halogens is 1. The average molecular weight is 423 g/mol. The molecule has 0 unspecified atom stereocenters. The first-order valence-electron chi connectivity index (χ1n) is 11.5. The van der Waals surface area contributed by atoms with Gasteiger partial charge in [0.1, 0.15) is 5.82 Å². The Labute approximate surface area is 183 Å². The summed E-state index contributed by atoms with van der Waals surface area (Å²) in [5.74, 6) is -0.595. The molecule has 0 radical (unpaired) electrons. The van der Waals surface area contributed by atoms with Gasteiger partial charge in [0.05, 0.1) is 11.5 Å². The normalized spacial score (nSPS) is 19.5. The Morgan fingerprint density at radius 1 is 1.16 bits per heavy atom. The Morgan fingerprint density at radius 2 is 1.94 bits per heavy atom. The number of amides is 2. The number of nitrogens with zero attached hydrogens (tertiary/aromatic N) is 1. The van der Waals surface area contributed by atoms with Crippen LogP contribution in [-0.4, -0.2) is 35.3 Å². The predicted octanol–water partition coefficient (Wildman–Crippen LogP) is 4.84. The molecule has 31 heavy (non-hydrogen) atoms. The molecule has 1 atom stereocenters. The van der Waals surface area contributed by atoms with Gasteiger partial charge in [0.25, 0.3) is 5.91 Å². The third-order valence-electron chi connectivity index (χ3n) is 6.89. The summed E-state index contributed by atoms with van der Waals surface area (Å²) in [5, 5.41) is 3.10. The van der Waals surface area contributed by atoms with E-state index in [9.17, 15) is 14.0 Å². The fourth-order valence-corrected chi connectivity index (χ4v) is 5.43. The number of benzene rings is 2. The molecule has 1 fully saturated rings. The van der Waals surface area contributed by atoms with Gasteiger partial charge in [-0.2, -0.15) is 0 Å². The van der Waals surface area contributed by atoms with E-state index in [2.05, 4.69) is 12.2 Å². The Bertz CT molecular complexity index is 952. The highest BCUT2D eigenvalue weighted by atomic mass is 19.1. The van der Waals surface area contributed by atoms with Crippen LogP contribution < -0.4 is 5.32 Å². The van der Waals surface area contributed by atoms with Crippen LogP contribution in [0.2, 0.25) is 0 Å². The molecule has 5 heteroatoms. The van der Waals surface area contributed by atoms with Crippen LogP contribution in [0.1, 0.15) is 72.9 Å². The molecule has 1 aliphatic carbocycles. The molecule has 1 spiro atoms. The monoisotopic (exact) mass is 422 g/mol. The quantitative estimate of drug-likeness (QED) is 0.694. The van der Waals surface area contributed by atoms with E-state index >= 15 is 0 Å². The highest BCUT2D eigenvalue weighted by molar-refractivity contribution is 6.02. The van der Waals surface area contributed by atoms with Gasteiger partial charge in [-0.15, -0.1) is 0 Å². The molecule has 4 rings (SSSR count). The molecule has 1 N–H and O–H groups in total. The third-order valence-corrected chi connectivity index (χ3v) is 6.89. The van der Waals surface area contributed by atoms with Gasteiger partial charge in [-0.25, -0.2) is 4.39 Å². The molecule has 0 saturated heterocycles. The summed E-state index contributed by atoms with van der Waals surface area (Å²) in [7, 11) is 0. The average Bonchev–Trinajstić information content (AvgIpc) is 3.24. The second-order valence-corrected chi connectivity index (χ2v) is 8.81. The van der Waals surface area contributed by atoms with Gasteiger partial charge in [-0.3, -0.25) is 9.59 Å². The van der Waals surface area contributed by atoms with Crippen LogP contribution in [-0.2, 0) is 11.2 Å². The van der Waals surface area contributed by atoms with Crippen LogP contribution in [0.4, 0.5) is 4.39 Å². The lowest BCUT2D eigenvalue weighted by Gasteiger charge is -2.50. The molecule has 1 heterocycles. The molecule has 1 saturated carbocycles. The Kier molecular flexibility index (Phi) is 6.40. The maximum Gasteiger partial charge on any atom is 0.254 e. The molecular weight excluding hydrogens is 391 g/mol. The van der Waals surface area contributed by atoms with Gasteiger partial charge < -0.3 is 10.2 Å². The van der Waals surface area contributed by atoms with Crippen molar-refractivity contribution in [2.45, 2.75) is 63.3 Å². The zero-order valence-corrected chi connectivity index (χ0v) is 18.2. The Balaban J connectivity index is 1.62. The van der Waals surface area contributed by atoms with Gasteiger partial charge in [0.2, 0.25) is 5.91 Å². The number of unbranched alkanes of at least 4 members (excludes halogenated alkanes) is 1. The van der Waals surface area contributed by atoms with Crippen LogP contribution in [0.3, 0.4) is 0 Å². The number of carbonyl (C=O) groups excluding carboxylic acids is 2. The third kappa shape index (κ3) is 4.10. The molecule has 2 aromatic carbocycles. The van der Waals surface area contributed by atoms with Crippen molar-refractivity contribution in [3.8, 4) is 0 Å². The van der Waals surface area contributed by atoms with E-state index in [4.69, 9.17) is 0 Å². The Hall–Kier alpha value is -2.69. The van der Waals surface area contributed by atoms with E-state index < -0.39 is 5.54 Å². The summed E-state index contributed by atoms with van der Waals surface area (Å²) in [6, 6.07) is 14.1. The molecule has 2 amide bonds. The van der Waals surface area contributed by atoms with E-state index in [1.54, 1.807) is 6.07 Å². The van der Waals surface area contributed by atoms with E-state index in [1.165, 1.54) is 12.1 Å². The first-order valence-corrected chi connectivity index (χ1v) is 11.5. The summed E-state index contributed by atoms with van der Waals surface area (Å²) in [6.45, 7) is 3.26. The lowest BCUT2D eigenvalue weighted by atomic mass is 9.71. The van der Waals surface area contributed by atoms with Crippen molar-refractivity contribution < 1.29 is 14.0 Å². The van der Waals surface area contributed by atoms with Crippen molar-refractivity contribution in [1.82, 2.24) is 10.2 Å². The summed E-state index contributed by atoms with van der Waals surface area (Å²) in [6.07, 6.45) is 6.30. The Morgan fingerprint density at radius 3 is 2.68 bits per heavy atom. The zero-order valence-electron chi connectivity index (χ0n) is 18.2. The summed E-state index contributed by atoms with van der Waals surface area (Å²) >= 11 is 0. The molecule has 4 nitrogen and oxygen atoms in total. The second kappa shape index (κ2) is 9.21. The smallest absolute Gasteiger partial charge is 0.254 e. The van der Waals surface area contributed by atoms with E-state index in [-0.39, 0.29) is 23.5 Å². The lowest BCUT2D eigenvalue weighted by Crippen LogP contribution is -2.60. The molecular formula is C26H31FN2O2. The fraction of sp³-hybridized carbons (Fsp3) is 0.462. The van der Waals surface area contributed by atoms with Crippen LogP contribution >= 0.6 is 0 Å². The van der Waals surface area contributed by atoms with Gasteiger partial charge in [0, 0.05) is 18.7 Å². The minimum atomic E-state index is -0.441. The number of carbonyl (C=O) groups is 2. The molecule has 2 aliphatic rings. The van der Waals surface area contributed by atoms with Crippen LogP contribution in [0.25, 0.3) is 0 Å². The van der Waals surface area contributed by atoms with E-state index in [0.717, 1.165) is 49.7 Å². The van der Waals surface area contributed by atoms with Crippen molar-refractivity contribution in [3.63, 3.8) is 0 Å². The topological polar surface area (TPSA) is 49.4 Å². The van der Waals surface area contributed by atoms with Gasteiger partial charge in [-0.1, -0.05) is 56.5 Å². The molecule has 164 valence electrons. The fourth-order valence-electron chi connectivity index (χ4n) is 5.43. The molecule has 2 aromatic rings. The van der Waals surface area contributed by atoms with Crippen LogP contribution in [0, 0.1) is 5.82 Å². The largest absolute Gasteiger partial charge is 0.355 e. The second-order valence-electron chi connectivity index (χ2n) is 8.81. The van der Waals surface area contributed by atoms with Crippen molar-refractivity contribution >= 4 is 11.8 Å². The van der Waals surface area contributed by atoms with Crippen molar-refractivity contribution in [1.29, 1.82) is 0 Å². The minimum absolute atomic E-state index is 0.0280. The van der Waals surface area contributed by atoms with Crippen molar-refractivity contribution in [2.24, 2.45) is 0 Å². The van der Waals surface area contributed by atoms with Crippen LogP contribution in [0.15, 0.2) is 48.5 Å². The lowest BCUT2D eigenvalue weighted by molar-refractivity contribution is -0.126. The maximum absolute atomic E-state index is 13.6. The van der Waals surface area contributed by atoms with Crippen molar-refractivity contribution in [3.05, 3.63) is 71.0 Å². The maximum atomic E-state index is 13.6. The minimum Gasteiger partial charge on any atom is -0.355 e. The molecule has 1 aliphatic heterocycles. The highest BCUT2D eigenvalue weighted by Crippen LogP contribution is 2.50. The first-order chi connectivity index (χ1) is 15.1. The van der Waals surface area contributed by atoms with E-state index in [0.29, 0.717) is 25.1 Å². The number of fused-ring (bicyclic) bond motifs is 1. The van der Waals surface area contributed by atoms with E-state index in [1.807, 2.05) is 35.2 Å². The summed E-state index contributed by atoms with van der Waals surface area (Å²) in [4.78, 5) is 29.0. The summed E-state index contributed by atoms with van der Waals surface area (Å²) in [5.41, 5.74) is 1.93. The number of hydrogen-bond acceptors (Lipinski definition) is 2. The zero-order chi connectivity index (χ0) is 21.8. The van der Waals surface area contributed by atoms with Crippen molar-refractivity contribution in [2.75, 3.05) is 13.1 Å².